The molecule has 2 fully saturated rings. The fourth-order valence-corrected chi connectivity index (χ4v) is 3.93. The molecule has 0 radical (unpaired) electrons. The molecule has 0 spiro atoms. The van der Waals surface area contributed by atoms with Crippen molar-refractivity contribution in [1.29, 1.82) is 0 Å². The first-order valence-electron chi connectivity index (χ1n) is 10.8. The number of amides is 2. The predicted molar refractivity (Wildman–Crippen MR) is 119 cm³/mol. The summed E-state index contributed by atoms with van der Waals surface area (Å²) in [6, 6.07) is 6.56. The Bertz CT molecular complexity index is 837. The van der Waals surface area contributed by atoms with E-state index in [-0.39, 0.29) is 24.2 Å². The molecule has 31 heavy (non-hydrogen) atoms. The number of rotatable bonds is 7. The van der Waals surface area contributed by atoms with Crippen molar-refractivity contribution in [2.75, 3.05) is 50.4 Å². The summed E-state index contributed by atoms with van der Waals surface area (Å²) in [7, 11) is 1.79. The lowest BCUT2D eigenvalue weighted by Crippen LogP contribution is -2.45. The average Bonchev–Trinajstić information content (AvgIpc) is 3.23. The van der Waals surface area contributed by atoms with Crippen LogP contribution in [0.15, 0.2) is 29.3 Å². The van der Waals surface area contributed by atoms with Crippen LogP contribution in [0.4, 0.5) is 11.4 Å². The third kappa shape index (κ3) is 6.40. The molecule has 10 nitrogen and oxygen atoms in total. The van der Waals surface area contributed by atoms with Crippen molar-refractivity contribution < 1.29 is 14.5 Å². The molecule has 1 atom stereocenters. The second kappa shape index (κ2) is 10.7. The summed E-state index contributed by atoms with van der Waals surface area (Å²) in [6.45, 7) is 1.52. The first-order chi connectivity index (χ1) is 15.0. The lowest BCUT2D eigenvalue weighted by molar-refractivity contribution is -0.463. The van der Waals surface area contributed by atoms with E-state index >= 15 is 0 Å². The zero-order valence-corrected chi connectivity index (χ0v) is 17.9. The number of hydrogen-bond donors (Lipinski definition) is 2. The minimum atomic E-state index is -0.733. The molecule has 3 rings (SSSR count). The number of hydrogen-bond acceptors (Lipinski definition) is 6. The molecule has 0 bridgehead atoms. The van der Waals surface area contributed by atoms with Crippen molar-refractivity contribution in [3.63, 3.8) is 0 Å². The van der Waals surface area contributed by atoms with Gasteiger partial charge in [-0.1, -0.05) is 6.07 Å². The van der Waals surface area contributed by atoms with Crippen LogP contribution < -0.4 is 10.6 Å². The SMILES string of the molecule is CNc1cccc(NC(C[N+](=O)[O-])=NC2CCCCN(CC(=O)N3CCCC3)C2=O)c1. The molecule has 0 saturated carbocycles. The number of likely N-dealkylation sites (tertiary alicyclic amines) is 2. The molecule has 1 aromatic carbocycles. The number of nitrogens with one attached hydrogen (secondary N) is 2. The van der Waals surface area contributed by atoms with Crippen LogP contribution in [-0.4, -0.2) is 78.2 Å². The number of carbonyl (C=O) groups is 2. The Hall–Kier alpha value is -3.17. The molecule has 1 aromatic rings. The second-order valence-electron chi connectivity index (χ2n) is 7.88. The number of carbonyl (C=O) groups excluding carboxylic acids is 2. The maximum atomic E-state index is 13.1. The Morgan fingerprint density at radius 3 is 2.61 bits per heavy atom. The van der Waals surface area contributed by atoms with Gasteiger partial charge < -0.3 is 20.4 Å². The van der Waals surface area contributed by atoms with Gasteiger partial charge >= 0.3 is 0 Å². The fourth-order valence-electron chi connectivity index (χ4n) is 3.93. The summed E-state index contributed by atoms with van der Waals surface area (Å²) >= 11 is 0. The van der Waals surface area contributed by atoms with Gasteiger partial charge in [0.05, 0.1) is 6.54 Å². The highest BCUT2D eigenvalue weighted by Crippen LogP contribution is 2.18. The molecule has 2 aliphatic rings. The van der Waals surface area contributed by atoms with E-state index < -0.39 is 17.5 Å². The normalized spacial score (nSPS) is 19.8. The van der Waals surface area contributed by atoms with Crippen LogP contribution in [0.3, 0.4) is 0 Å². The molecule has 2 N–H and O–H groups in total. The van der Waals surface area contributed by atoms with Gasteiger partial charge in [0, 0.05) is 43.0 Å². The average molecular weight is 431 g/mol. The number of nitrogens with zero attached hydrogens (tertiary/aromatic N) is 4. The van der Waals surface area contributed by atoms with Gasteiger partial charge in [0.25, 0.3) is 6.54 Å². The van der Waals surface area contributed by atoms with Gasteiger partial charge in [-0.05, 0) is 50.3 Å². The van der Waals surface area contributed by atoms with E-state index in [0.29, 0.717) is 18.7 Å². The van der Waals surface area contributed by atoms with Crippen LogP contribution in [0.5, 0.6) is 0 Å². The topological polar surface area (TPSA) is 120 Å². The molecule has 0 aromatic heterocycles. The van der Waals surface area contributed by atoms with Crippen LogP contribution >= 0.6 is 0 Å². The minimum Gasteiger partial charge on any atom is -0.388 e. The van der Waals surface area contributed by atoms with E-state index in [2.05, 4.69) is 15.6 Å². The summed E-state index contributed by atoms with van der Waals surface area (Å²) in [5.74, 6) is -0.149. The van der Waals surface area contributed by atoms with Crippen LogP contribution in [0, 0.1) is 10.1 Å². The summed E-state index contributed by atoms with van der Waals surface area (Å²) in [5, 5.41) is 17.2. The molecule has 168 valence electrons. The maximum Gasteiger partial charge on any atom is 0.260 e. The highest BCUT2D eigenvalue weighted by atomic mass is 16.6. The van der Waals surface area contributed by atoms with Gasteiger partial charge in [-0.25, -0.2) is 0 Å². The van der Waals surface area contributed by atoms with Gasteiger partial charge in [0.15, 0.2) is 5.84 Å². The Balaban J connectivity index is 1.75. The zero-order valence-electron chi connectivity index (χ0n) is 17.9. The summed E-state index contributed by atoms with van der Waals surface area (Å²) in [5.41, 5.74) is 1.50. The Labute approximate surface area is 181 Å². The third-order valence-corrected chi connectivity index (χ3v) is 5.57. The van der Waals surface area contributed by atoms with E-state index in [1.54, 1.807) is 22.9 Å². The van der Waals surface area contributed by atoms with Crippen LogP contribution in [0.2, 0.25) is 0 Å². The molecule has 2 aliphatic heterocycles. The number of amidine groups is 1. The van der Waals surface area contributed by atoms with E-state index in [1.807, 2.05) is 18.2 Å². The maximum absolute atomic E-state index is 13.1. The van der Waals surface area contributed by atoms with Gasteiger partial charge in [-0.2, -0.15) is 0 Å². The highest BCUT2D eigenvalue weighted by molar-refractivity contribution is 5.98. The monoisotopic (exact) mass is 430 g/mol. The Morgan fingerprint density at radius 2 is 1.90 bits per heavy atom. The van der Waals surface area contributed by atoms with E-state index in [0.717, 1.165) is 44.5 Å². The van der Waals surface area contributed by atoms with Gasteiger partial charge in [-0.3, -0.25) is 24.7 Å². The first-order valence-corrected chi connectivity index (χ1v) is 10.8. The Kier molecular flexibility index (Phi) is 7.80. The number of benzene rings is 1. The quantitative estimate of drug-likeness (QED) is 0.295. The van der Waals surface area contributed by atoms with Crippen molar-refractivity contribution >= 4 is 29.0 Å². The van der Waals surface area contributed by atoms with Gasteiger partial charge in [-0.15, -0.1) is 0 Å². The standard InChI is InChI=1S/C21H30N6O4/c1-22-16-7-6-8-17(13-16)23-19(14-27(30)31)24-18-9-2-3-12-26(21(18)29)15-20(28)25-10-4-5-11-25/h6-8,13,18,22H,2-5,9-12,14-15H2,1H3,(H,23,24). The number of anilines is 2. The van der Waals surface area contributed by atoms with Crippen molar-refractivity contribution in [2.45, 2.75) is 38.1 Å². The molecular weight excluding hydrogens is 400 g/mol. The third-order valence-electron chi connectivity index (χ3n) is 5.57. The van der Waals surface area contributed by atoms with E-state index in [9.17, 15) is 19.7 Å². The summed E-state index contributed by atoms with van der Waals surface area (Å²) in [4.78, 5) is 44.2. The Morgan fingerprint density at radius 1 is 1.19 bits per heavy atom. The molecule has 1 unspecified atom stereocenters. The van der Waals surface area contributed by atoms with Crippen molar-refractivity contribution in [3.05, 3.63) is 34.4 Å². The second-order valence-corrected chi connectivity index (χ2v) is 7.88. The van der Waals surface area contributed by atoms with E-state index in [4.69, 9.17) is 0 Å². The van der Waals surface area contributed by atoms with Crippen LogP contribution in [-0.2, 0) is 9.59 Å². The largest absolute Gasteiger partial charge is 0.388 e. The molecule has 2 saturated heterocycles. The van der Waals surface area contributed by atoms with Crippen LogP contribution in [0.1, 0.15) is 32.1 Å². The fraction of sp³-hybridized carbons (Fsp3) is 0.571. The molecule has 0 aliphatic carbocycles. The van der Waals surface area contributed by atoms with Gasteiger partial charge in [0.1, 0.15) is 6.04 Å². The highest BCUT2D eigenvalue weighted by Gasteiger charge is 2.30. The summed E-state index contributed by atoms with van der Waals surface area (Å²) in [6.07, 6.45) is 4.06. The smallest absolute Gasteiger partial charge is 0.260 e. The number of aliphatic imine (C=N–C) groups is 1. The van der Waals surface area contributed by atoms with Gasteiger partial charge in [0.2, 0.25) is 11.8 Å². The molecule has 2 amide bonds. The zero-order chi connectivity index (χ0) is 22.2. The van der Waals surface area contributed by atoms with E-state index in [1.165, 1.54) is 0 Å². The predicted octanol–water partition coefficient (Wildman–Crippen LogP) is 1.82. The molecular formula is C21H30N6O4. The molecule has 10 heteroatoms. The summed E-state index contributed by atoms with van der Waals surface area (Å²) < 4.78 is 0. The van der Waals surface area contributed by atoms with Crippen molar-refractivity contribution in [2.24, 2.45) is 4.99 Å². The lowest BCUT2D eigenvalue weighted by Gasteiger charge is -2.25. The molecule has 2 heterocycles. The van der Waals surface area contributed by atoms with Crippen LogP contribution in [0.25, 0.3) is 0 Å². The van der Waals surface area contributed by atoms with Crippen molar-refractivity contribution in [1.82, 2.24) is 9.80 Å². The first kappa shape index (κ1) is 22.5. The van der Waals surface area contributed by atoms with Crippen molar-refractivity contribution in [3.8, 4) is 0 Å². The number of nitro groups is 1. The minimum absolute atomic E-state index is 0.0389. The lowest BCUT2D eigenvalue weighted by atomic mass is 10.1.